The Morgan fingerprint density at radius 3 is 2.05 bits per heavy atom. The third-order valence-corrected chi connectivity index (χ3v) is 4.70. The van der Waals surface area contributed by atoms with Crippen LogP contribution in [0.2, 0.25) is 0 Å². The molecular weight excluding hydrogens is 264 g/mol. The highest BCUT2D eigenvalue weighted by Gasteiger charge is 2.18. The van der Waals surface area contributed by atoms with Crippen LogP contribution >= 0.6 is 0 Å². The van der Waals surface area contributed by atoms with Crippen molar-refractivity contribution in [3.8, 4) is 24.7 Å². The number of rotatable bonds is 0. The quantitative estimate of drug-likeness (QED) is 0.274. The Morgan fingerprint density at radius 1 is 0.636 bits per heavy atom. The fraction of sp³-hybridized carbons (Fsp3) is 0. The molecule has 0 atom stereocenters. The third-order valence-electron chi connectivity index (χ3n) is 4.70. The standard InChI is InChI=1S/C22H10/c1-3-13-5-6-17-12-16-8-7-15-11-14(4-2)19-10-9-18(13)21(17)22(19)20(15)16/h1-2,5-12H. The lowest BCUT2D eigenvalue weighted by Gasteiger charge is -2.15. The molecule has 0 saturated heterocycles. The monoisotopic (exact) mass is 274 g/mol. The van der Waals surface area contributed by atoms with Gasteiger partial charge >= 0.3 is 0 Å². The molecule has 0 bridgehead atoms. The van der Waals surface area contributed by atoms with E-state index in [4.69, 9.17) is 12.8 Å². The molecule has 22 heavy (non-hydrogen) atoms. The highest BCUT2D eigenvalue weighted by atomic mass is 14.2. The Kier molecular flexibility index (Phi) is 1.92. The van der Waals surface area contributed by atoms with Gasteiger partial charge in [0.25, 0.3) is 0 Å². The SMILES string of the molecule is C#Cc1ccc2cc3c4c(cc(C#C)c5ccc1c2c54)C=C3. The summed E-state index contributed by atoms with van der Waals surface area (Å²) in [6, 6.07) is 12.7. The molecule has 1 aliphatic carbocycles. The molecule has 0 amide bonds. The molecule has 0 heterocycles. The first-order chi connectivity index (χ1) is 10.8. The van der Waals surface area contributed by atoms with Gasteiger partial charge in [0.1, 0.15) is 0 Å². The van der Waals surface area contributed by atoms with Gasteiger partial charge in [-0.05, 0) is 61.6 Å². The van der Waals surface area contributed by atoms with Crippen LogP contribution in [0.3, 0.4) is 0 Å². The summed E-state index contributed by atoms with van der Waals surface area (Å²) in [5, 5.41) is 7.26. The first-order valence-corrected chi connectivity index (χ1v) is 7.21. The van der Waals surface area contributed by atoms with Gasteiger partial charge in [0.15, 0.2) is 0 Å². The summed E-state index contributed by atoms with van der Waals surface area (Å²) >= 11 is 0. The van der Waals surface area contributed by atoms with E-state index in [1.165, 1.54) is 32.7 Å². The average Bonchev–Trinajstić information content (AvgIpc) is 2.97. The highest BCUT2D eigenvalue weighted by molar-refractivity contribution is 6.29. The molecule has 98 valence electrons. The summed E-state index contributed by atoms with van der Waals surface area (Å²) in [5.74, 6) is 5.63. The lowest BCUT2D eigenvalue weighted by atomic mass is 9.87. The molecule has 0 spiro atoms. The Hall–Kier alpha value is -3.22. The molecule has 0 N–H and O–H groups in total. The van der Waals surface area contributed by atoms with Gasteiger partial charge < -0.3 is 0 Å². The second-order valence-electron chi connectivity index (χ2n) is 5.72. The van der Waals surface area contributed by atoms with Crippen LogP contribution in [0.5, 0.6) is 0 Å². The van der Waals surface area contributed by atoms with E-state index in [9.17, 15) is 0 Å². The molecule has 0 aliphatic heterocycles. The predicted octanol–water partition coefficient (Wildman–Crippen LogP) is 5.03. The molecule has 4 aromatic carbocycles. The normalized spacial score (nSPS) is 12.3. The van der Waals surface area contributed by atoms with Crippen molar-refractivity contribution in [2.75, 3.05) is 0 Å². The smallest absolute Gasteiger partial charge is 0.0327 e. The maximum atomic E-state index is 5.74. The van der Waals surface area contributed by atoms with Crippen LogP contribution in [-0.2, 0) is 0 Å². The van der Waals surface area contributed by atoms with Crippen molar-refractivity contribution in [2.45, 2.75) is 0 Å². The minimum atomic E-state index is 0.934. The number of terminal acetylenes is 2. The van der Waals surface area contributed by atoms with Gasteiger partial charge in [-0.25, -0.2) is 0 Å². The van der Waals surface area contributed by atoms with Crippen LogP contribution in [-0.4, -0.2) is 0 Å². The molecule has 0 radical (unpaired) electrons. The van der Waals surface area contributed by atoms with Crippen LogP contribution in [0.1, 0.15) is 22.3 Å². The molecule has 0 aromatic heterocycles. The molecule has 0 unspecified atom stereocenters. The van der Waals surface area contributed by atoms with E-state index < -0.39 is 0 Å². The second kappa shape index (κ2) is 3.70. The van der Waals surface area contributed by atoms with Crippen molar-refractivity contribution >= 4 is 44.5 Å². The zero-order chi connectivity index (χ0) is 14.8. The highest BCUT2D eigenvalue weighted by Crippen LogP contribution is 2.43. The average molecular weight is 274 g/mol. The van der Waals surface area contributed by atoms with Crippen LogP contribution in [0.15, 0.2) is 36.4 Å². The molecule has 5 rings (SSSR count). The van der Waals surface area contributed by atoms with Gasteiger partial charge in [-0.15, -0.1) is 12.8 Å². The first-order valence-electron chi connectivity index (χ1n) is 7.21. The maximum Gasteiger partial charge on any atom is 0.0327 e. The van der Waals surface area contributed by atoms with Crippen molar-refractivity contribution < 1.29 is 0 Å². The zero-order valence-electron chi connectivity index (χ0n) is 11.8. The van der Waals surface area contributed by atoms with Gasteiger partial charge in [-0.1, -0.05) is 42.2 Å². The van der Waals surface area contributed by atoms with E-state index >= 15 is 0 Å². The first kappa shape index (κ1) is 11.4. The largest absolute Gasteiger partial charge is 0.115 e. The van der Waals surface area contributed by atoms with E-state index in [1.807, 2.05) is 6.07 Å². The summed E-state index contributed by atoms with van der Waals surface area (Å²) in [7, 11) is 0. The number of hydrogen-bond donors (Lipinski definition) is 0. The molecule has 0 nitrogen and oxygen atoms in total. The van der Waals surface area contributed by atoms with Gasteiger partial charge in [0.2, 0.25) is 0 Å². The summed E-state index contributed by atoms with van der Waals surface area (Å²) in [6.07, 6.45) is 15.7. The molecule has 0 heteroatoms. The molecule has 4 aromatic rings. The summed E-state index contributed by atoms with van der Waals surface area (Å²) in [4.78, 5) is 0. The van der Waals surface area contributed by atoms with E-state index in [2.05, 4.69) is 54.3 Å². The lowest BCUT2D eigenvalue weighted by Crippen LogP contribution is -1.91. The van der Waals surface area contributed by atoms with E-state index in [-0.39, 0.29) is 0 Å². The molecule has 0 fully saturated rings. The molecule has 1 aliphatic rings. The molecular formula is C22H10. The Morgan fingerprint density at radius 2 is 1.32 bits per heavy atom. The van der Waals surface area contributed by atoms with Crippen LogP contribution < -0.4 is 0 Å². The van der Waals surface area contributed by atoms with E-state index in [0.717, 1.165) is 21.9 Å². The summed E-state index contributed by atoms with van der Waals surface area (Å²) < 4.78 is 0. The fourth-order valence-electron chi connectivity index (χ4n) is 3.77. The lowest BCUT2D eigenvalue weighted by molar-refractivity contribution is 1.70. The summed E-state index contributed by atoms with van der Waals surface area (Å²) in [5.41, 5.74) is 4.34. The maximum absolute atomic E-state index is 5.74. The van der Waals surface area contributed by atoms with Gasteiger partial charge in [0.05, 0.1) is 0 Å². The number of hydrogen-bond acceptors (Lipinski definition) is 0. The van der Waals surface area contributed by atoms with Crippen LogP contribution in [0.25, 0.3) is 44.5 Å². The van der Waals surface area contributed by atoms with E-state index in [1.54, 1.807) is 0 Å². The minimum Gasteiger partial charge on any atom is -0.115 e. The van der Waals surface area contributed by atoms with Gasteiger partial charge in [-0.3, -0.25) is 0 Å². The van der Waals surface area contributed by atoms with Crippen LogP contribution in [0.4, 0.5) is 0 Å². The topological polar surface area (TPSA) is 0 Å². The Balaban J connectivity index is 2.23. The van der Waals surface area contributed by atoms with Gasteiger partial charge in [0, 0.05) is 11.1 Å². The zero-order valence-corrected chi connectivity index (χ0v) is 11.8. The predicted molar refractivity (Wildman–Crippen MR) is 94.9 cm³/mol. The third kappa shape index (κ3) is 1.17. The van der Waals surface area contributed by atoms with Crippen molar-refractivity contribution in [2.24, 2.45) is 0 Å². The van der Waals surface area contributed by atoms with E-state index in [0.29, 0.717) is 0 Å². The molecule has 0 saturated carbocycles. The Labute approximate surface area is 128 Å². The van der Waals surface area contributed by atoms with Crippen molar-refractivity contribution in [3.05, 3.63) is 58.7 Å². The van der Waals surface area contributed by atoms with Crippen molar-refractivity contribution in [1.29, 1.82) is 0 Å². The fourth-order valence-corrected chi connectivity index (χ4v) is 3.77. The summed E-state index contributed by atoms with van der Waals surface area (Å²) in [6.45, 7) is 0. The minimum absolute atomic E-state index is 0.934. The van der Waals surface area contributed by atoms with Crippen molar-refractivity contribution in [1.82, 2.24) is 0 Å². The van der Waals surface area contributed by atoms with Gasteiger partial charge in [-0.2, -0.15) is 0 Å². The number of benzene rings is 4. The Bertz CT molecular complexity index is 1220. The van der Waals surface area contributed by atoms with Crippen LogP contribution in [0, 0.1) is 24.7 Å². The second-order valence-corrected chi connectivity index (χ2v) is 5.72. The van der Waals surface area contributed by atoms with Crippen molar-refractivity contribution in [3.63, 3.8) is 0 Å².